The molecular formula is C19H31NO2. The Morgan fingerprint density at radius 1 is 1.14 bits per heavy atom. The zero-order valence-electron chi connectivity index (χ0n) is 14.5. The standard InChI is InChI=1S/C19H31NO2/c1-5-8-9-16(6-2)14-20-19(21)18(7-3)22-17-12-10-15(4)11-13-17/h10-13,16,18H,5-9,14H2,1-4H3,(H,20,21). The summed E-state index contributed by atoms with van der Waals surface area (Å²) in [7, 11) is 0. The Morgan fingerprint density at radius 3 is 2.36 bits per heavy atom. The molecule has 0 fully saturated rings. The fourth-order valence-electron chi connectivity index (χ4n) is 2.41. The van der Waals surface area contributed by atoms with E-state index in [2.05, 4.69) is 19.2 Å². The lowest BCUT2D eigenvalue weighted by atomic mass is 9.99. The molecule has 1 aromatic carbocycles. The quantitative estimate of drug-likeness (QED) is 0.692. The van der Waals surface area contributed by atoms with Crippen molar-refractivity contribution in [2.24, 2.45) is 5.92 Å². The van der Waals surface area contributed by atoms with Crippen LogP contribution in [0.15, 0.2) is 24.3 Å². The van der Waals surface area contributed by atoms with Gasteiger partial charge in [-0.3, -0.25) is 4.79 Å². The van der Waals surface area contributed by atoms with Gasteiger partial charge in [-0.1, -0.05) is 57.7 Å². The molecule has 1 amide bonds. The average molecular weight is 305 g/mol. The zero-order valence-corrected chi connectivity index (χ0v) is 14.5. The average Bonchev–Trinajstić information content (AvgIpc) is 2.54. The van der Waals surface area contributed by atoms with Gasteiger partial charge in [0.05, 0.1) is 0 Å². The molecule has 3 nitrogen and oxygen atoms in total. The molecule has 1 aromatic rings. The third-order valence-electron chi connectivity index (χ3n) is 4.07. The number of carbonyl (C=O) groups is 1. The zero-order chi connectivity index (χ0) is 16.4. The second-order valence-electron chi connectivity index (χ2n) is 5.99. The molecule has 0 saturated heterocycles. The van der Waals surface area contributed by atoms with Gasteiger partial charge in [0.2, 0.25) is 0 Å². The van der Waals surface area contributed by atoms with Gasteiger partial charge in [0.15, 0.2) is 6.10 Å². The Labute approximate surface area is 135 Å². The van der Waals surface area contributed by atoms with Crippen LogP contribution in [0.1, 0.15) is 58.4 Å². The minimum atomic E-state index is -0.411. The highest BCUT2D eigenvalue weighted by molar-refractivity contribution is 5.81. The molecule has 0 saturated carbocycles. The van der Waals surface area contributed by atoms with Crippen LogP contribution in [0.4, 0.5) is 0 Å². The Morgan fingerprint density at radius 2 is 1.82 bits per heavy atom. The maximum Gasteiger partial charge on any atom is 0.261 e. The largest absolute Gasteiger partial charge is 0.481 e. The summed E-state index contributed by atoms with van der Waals surface area (Å²) in [5.74, 6) is 1.32. The molecule has 0 radical (unpaired) electrons. The summed E-state index contributed by atoms with van der Waals surface area (Å²) in [6, 6.07) is 7.83. The Balaban J connectivity index is 2.48. The lowest BCUT2D eigenvalue weighted by molar-refractivity contribution is -0.128. The van der Waals surface area contributed by atoms with E-state index in [0.717, 1.165) is 18.7 Å². The number of amides is 1. The van der Waals surface area contributed by atoms with Gasteiger partial charge in [-0.15, -0.1) is 0 Å². The van der Waals surface area contributed by atoms with Crippen molar-refractivity contribution >= 4 is 5.91 Å². The molecule has 0 aliphatic rings. The molecule has 3 heteroatoms. The molecule has 0 bridgehead atoms. The van der Waals surface area contributed by atoms with Crippen LogP contribution >= 0.6 is 0 Å². The number of nitrogens with one attached hydrogen (secondary N) is 1. The molecule has 0 aromatic heterocycles. The predicted octanol–water partition coefficient (Wildman–Crippen LogP) is 4.49. The van der Waals surface area contributed by atoms with Crippen molar-refractivity contribution in [1.29, 1.82) is 0 Å². The van der Waals surface area contributed by atoms with E-state index in [4.69, 9.17) is 4.74 Å². The van der Waals surface area contributed by atoms with Crippen LogP contribution in [0.2, 0.25) is 0 Å². The molecule has 1 rings (SSSR count). The van der Waals surface area contributed by atoms with E-state index in [9.17, 15) is 4.79 Å². The van der Waals surface area contributed by atoms with Gasteiger partial charge < -0.3 is 10.1 Å². The molecular weight excluding hydrogens is 274 g/mol. The number of benzene rings is 1. The van der Waals surface area contributed by atoms with Gasteiger partial charge in [0, 0.05) is 6.54 Å². The number of unbranched alkanes of at least 4 members (excludes halogenated alkanes) is 1. The molecule has 0 spiro atoms. The minimum absolute atomic E-state index is 0.00183. The van der Waals surface area contributed by atoms with E-state index in [0.29, 0.717) is 12.3 Å². The topological polar surface area (TPSA) is 38.3 Å². The van der Waals surface area contributed by atoms with Crippen LogP contribution in [0.25, 0.3) is 0 Å². The normalized spacial score (nSPS) is 13.5. The lowest BCUT2D eigenvalue weighted by Crippen LogP contribution is -2.40. The van der Waals surface area contributed by atoms with Crippen molar-refractivity contribution in [2.45, 2.75) is 65.9 Å². The highest BCUT2D eigenvalue weighted by Crippen LogP contribution is 2.15. The minimum Gasteiger partial charge on any atom is -0.481 e. The summed E-state index contributed by atoms with van der Waals surface area (Å²) in [4.78, 5) is 12.3. The Kier molecular flexibility index (Phi) is 8.64. The van der Waals surface area contributed by atoms with Crippen molar-refractivity contribution < 1.29 is 9.53 Å². The summed E-state index contributed by atoms with van der Waals surface area (Å²) < 4.78 is 5.82. The summed E-state index contributed by atoms with van der Waals surface area (Å²) in [5, 5.41) is 3.06. The summed E-state index contributed by atoms with van der Waals surface area (Å²) in [6.45, 7) is 9.16. The van der Waals surface area contributed by atoms with E-state index in [1.165, 1.54) is 24.8 Å². The predicted molar refractivity (Wildman–Crippen MR) is 92.2 cm³/mol. The smallest absolute Gasteiger partial charge is 0.261 e. The first-order valence-corrected chi connectivity index (χ1v) is 8.61. The van der Waals surface area contributed by atoms with Crippen LogP contribution in [0, 0.1) is 12.8 Å². The third kappa shape index (κ3) is 6.50. The number of rotatable bonds is 10. The fraction of sp³-hybridized carbons (Fsp3) is 0.632. The number of hydrogen-bond acceptors (Lipinski definition) is 2. The summed E-state index contributed by atoms with van der Waals surface area (Å²) in [5.41, 5.74) is 1.19. The van der Waals surface area contributed by atoms with Crippen LogP contribution < -0.4 is 10.1 Å². The second kappa shape index (κ2) is 10.3. The SMILES string of the molecule is CCCCC(CC)CNC(=O)C(CC)Oc1ccc(C)cc1. The number of hydrogen-bond donors (Lipinski definition) is 1. The molecule has 1 N–H and O–H groups in total. The highest BCUT2D eigenvalue weighted by atomic mass is 16.5. The van der Waals surface area contributed by atoms with Crippen molar-refractivity contribution in [1.82, 2.24) is 5.32 Å². The van der Waals surface area contributed by atoms with E-state index >= 15 is 0 Å². The summed E-state index contributed by atoms with van der Waals surface area (Å²) >= 11 is 0. The van der Waals surface area contributed by atoms with E-state index in [-0.39, 0.29) is 5.91 Å². The fourth-order valence-corrected chi connectivity index (χ4v) is 2.41. The number of ether oxygens (including phenoxy) is 1. The van der Waals surface area contributed by atoms with Crippen LogP contribution in [0.5, 0.6) is 5.75 Å². The lowest BCUT2D eigenvalue weighted by Gasteiger charge is -2.20. The van der Waals surface area contributed by atoms with Crippen molar-refractivity contribution in [3.8, 4) is 5.75 Å². The number of carbonyl (C=O) groups excluding carboxylic acids is 1. The van der Waals surface area contributed by atoms with Crippen LogP contribution in [-0.4, -0.2) is 18.6 Å². The maximum atomic E-state index is 12.3. The third-order valence-corrected chi connectivity index (χ3v) is 4.07. The van der Waals surface area contributed by atoms with Gasteiger partial charge in [-0.25, -0.2) is 0 Å². The molecule has 0 aliphatic carbocycles. The van der Waals surface area contributed by atoms with E-state index in [1.54, 1.807) is 0 Å². The van der Waals surface area contributed by atoms with E-state index in [1.807, 2.05) is 38.1 Å². The highest BCUT2D eigenvalue weighted by Gasteiger charge is 2.19. The van der Waals surface area contributed by atoms with Gasteiger partial charge in [0.25, 0.3) is 5.91 Å². The first-order chi connectivity index (χ1) is 10.6. The molecule has 0 heterocycles. The molecule has 2 atom stereocenters. The van der Waals surface area contributed by atoms with Gasteiger partial charge in [0.1, 0.15) is 5.75 Å². The number of aryl methyl sites for hydroxylation is 1. The van der Waals surface area contributed by atoms with Crippen molar-refractivity contribution in [3.05, 3.63) is 29.8 Å². The van der Waals surface area contributed by atoms with Gasteiger partial charge in [-0.2, -0.15) is 0 Å². The first-order valence-electron chi connectivity index (χ1n) is 8.61. The Bertz CT molecular complexity index is 428. The Hall–Kier alpha value is -1.51. The first kappa shape index (κ1) is 18.5. The van der Waals surface area contributed by atoms with Crippen LogP contribution in [0.3, 0.4) is 0 Å². The molecule has 0 aliphatic heterocycles. The summed E-state index contributed by atoms with van der Waals surface area (Å²) in [6.07, 6.45) is 4.99. The second-order valence-corrected chi connectivity index (χ2v) is 5.99. The molecule has 124 valence electrons. The van der Waals surface area contributed by atoms with Crippen molar-refractivity contribution in [2.75, 3.05) is 6.54 Å². The van der Waals surface area contributed by atoms with E-state index < -0.39 is 6.10 Å². The molecule has 2 unspecified atom stereocenters. The van der Waals surface area contributed by atoms with Gasteiger partial charge >= 0.3 is 0 Å². The maximum absolute atomic E-state index is 12.3. The van der Waals surface area contributed by atoms with Gasteiger partial charge in [-0.05, 0) is 37.8 Å². The van der Waals surface area contributed by atoms with Crippen molar-refractivity contribution in [3.63, 3.8) is 0 Å². The molecule has 22 heavy (non-hydrogen) atoms. The van der Waals surface area contributed by atoms with Crippen LogP contribution in [-0.2, 0) is 4.79 Å². The monoisotopic (exact) mass is 305 g/mol.